The molecular weight excluding hydrogens is 250 g/mol. The molecule has 2 heterocycles. The van der Waals surface area contributed by atoms with E-state index in [4.69, 9.17) is 4.74 Å². The molecule has 4 nitrogen and oxygen atoms in total. The zero-order valence-electron chi connectivity index (χ0n) is 12.5. The van der Waals surface area contributed by atoms with E-state index in [-0.39, 0.29) is 0 Å². The fraction of sp³-hybridized carbons (Fsp3) is 0.625. The Bertz CT molecular complexity index is 469. The smallest absolute Gasteiger partial charge is 0.123 e. The Morgan fingerprint density at radius 3 is 2.80 bits per heavy atom. The minimum atomic E-state index is 0.572. The van der Waals surface area contributed by atoms with E-state index in [1.807, 2.05) is 0 Å². The monoisotopic (exact) mass is 275 g/mol. The molecular formula is C16H25N3O. The molecule has 2 aliphatic rings. The van der Waals surface area contributed by atoms with Crippen LogP contribution in [-0.2, 0) is 19.5 Å². The van der Waals surface area contributed by atoms with Gasteiger partial charge in [-0.05, 0) is 30.5 Å². The number of hydrogen-bond acceptors (Lipinski definition) is 4. The molecule has 2 aliphatic heterocycles. The molecule has 20 heavy (non-hydrogen) atoms. The Balaban J connectivity index is 1.82. The molecule has 3 rings (SSSR count). The van der Waals surface area contributed by atoms with E-state index in [1.54, 1.807) is 7.11 Å². The highest BCUT2D eigenvalue weighted by Gasteiger charge is 2.19. The molecule has 110 valence electrons. The van der Waals surface area contributed by atoms with Crippen molar-refractivity contribution < 1.29 is 4.74 Å². The van der Waals surface area contributed by atoms with E-state index >= 15 is 0 Å². The first kappa shape index (κ1) is 13.9. The first-order valence-electron chi connectivity index (χ1n) is 7.61. The van der Waals surface area contributed by atoms with E-state index in [9.17, 15) is 0 Å². The SMILES string of the molecule is COc1cc2c(cc1CN1CCNCC1)CC(C)NC2. The van der Waals surface area contributed by atoms with Crippen molar-refractivity contribution in [3.05, 3.63) is 28.8 Å². The third-order valence-corrected chi connectivity index (χ3v) is 4.37. The molecule has 1 saturated heterocycles. The maximum atomic E-state index is 5.61. The van der Waals surface area contributed by atoms with E-state index in [0.29, 0.717) is 6.04 Å². The third kappa shape index (κ3) is 2.97. The average Bonchev–Trinajstić information content (AvgIpc) is 2.47. The highest BCUT2D eigenvalue weighted by molar-refractivity contribution is 5.44. The van der Waals surface area contributed by atoms with Crippen LogP contribution in [0.25, 0.3) is 0 Å². The van der Waals surface area contributed by atoms with E-state index in [2.05, 4.69) is 34.6 Å². The van der Waals surface area contributed by atoms with Gasteiger partial charge in [-0.1, -0.05) is 6.07 Å². The Labute approximate surface area is 121 Å². The van der Waals surface area contributed by atoms with Gasteiger partial charge in [0.25, 0.3) is 0 Å². The number of nitrogens with zero attached hydrogens (tertiary/aromatic N) is 1. The second kappa shape index (κ2) is 6.12. The summed E-state index contributed by atoms with van der Waals surface area (Å²) in [6.07, 6.45) is 1.12. The molecule has 0 aromatic heterocycles. The van der Waals surface area contributed by atoms with Crippen LogP contribution < -0.4 is 15.4 Å². The van der Waals surface area contributed by atoms with Gasteiger partial charge < -0.3 is 15.4 Å². The van der Waals surface area contributed by atoms with Gasteiger partial charge in [0.15, 0.2) is 0 Å². The highest BCUT2D eigenvalue weighted by atomic mass is 16.5. The van der Waals surface area contributed by atoms with Crippen LogP contribution in [0.15, 0.2) is 12.1 Å². The largest absolute Gasteiger partial charge is 0.496 e. The third-order valence-electron chi connectivity index (χ3n) is 4.37. The van der Waals surface area contributed by atoms with E-state index in [1.165, 1.54) is 16.7 Å². The van der Waals surface area contributed by atoms with Gasteiger partial charge >= 0.3 is 0 Å². The normalized spacial score (nSPS) is 23.4. The van der Waals surface area contributed by atoms with Crippen LogP contribution in [0.1, 0.15) is 23.6 Å². The Hall–Kier alpha value is -1.10. The van der Waals surface area contributed by atoms with Crippen LogP contribution in [0.5, 0.6) is 5.75 Å². The lowest BCUT2D eigenvalue weighted by atomic mass is 9.94. The topological polar surface area (TPSA) is 36.5 Å². The minimum Gasteiger partial charge on any atom is -0.496 e. The van der Waals surface area contributed by atoms with Gasteiger partial charge in [0.1, 0.15) is 5.75 Å². The second-order valence-corrected chi connectivity index (χ2v) is 5.94. The maximum absolute atomic E-state index is 5.61. The summed E-state index contributed by atoms with van der Waals surface area (Å²) in [5, 5.41) is 6.92. The predicted octanol–water partition coefficient (Wildman–Crippen LogP) is 1.13. The number of rotatable bonds is 3. The van der Waals surface area contributed by atoms with Crippen LogP contribution >= 0.6 is 0 Å². The zero-order valence-corrected chi connectivity index (χ0v) is 12.5. The summed E-state index contributed by atoms with van der Waals surface area (Å²) in [7, 11) is 1.78. The molecule has 0 saturated carbocycles. The summed E-state index contributed by atoms with van der Waals surface area (Å²) in [4.78, 5) is 2.51. The Morgan fingerprint density at radius 2 is 2.05 bits per heavy atom. The molecule has 1 aromatic rings. The van der Waals surface area contributed by atoms with Crippen molar-refractivity contribution in [1.29, 1.82) is 0 Å². The van der Waals surface area contributed by atoms with Crippen molar-refractivity contribution in [3.8, 4) is 5.75 Å². The van der Waals surface area contributed by atoms with Gasteiger partial charge in [0, 0.05) is 50.9 Å². The Morgan fingerprint density at radius 1 is 1.25 bits per heavy atom. The van der Waals surface area contributed by atoms with Gasteiger partial charge in [-0.3, -0.25) is 4.90 Å². The number of nitrogens with one attached hydrogen (secondary N) is 2. The molecule has 2 N–H and O–H groups in total. The first-order chi connectivity index (χ1) is 9.76. The van der Waals surface area contributed by atoms with Crippen LogP contribution in [0.2, 0.25) is 0 Å². The standard InChI is InChI=1S/C16H25N3O/c1-12-7-13-8-15(11-19-5-3-17-4-6-19)16(20-2)9-14(13)10-18-12/h8-9,12,17-18H,3-7,10-11H2,1-2H3. The van der Waals surface area contributed by atoms with E-state index in [0.717, 1.165) is 51.4 Å². The summed E-state index contributed by atoms with van der Waals surface area (Å²) in [5.41, 5.74) is 4.22. The number of ether oxygens (including phenoxy) is 1. The molecule has 0 radical (unpaired) electrons. The first-order valence-corrected chi connectivity index (χ1v) is 7.61. The highest BCUT2D eigenvalue weighted by Crippen LogP contribution is 2.28. The number of fused-ring (bicyclic) bond motifs is 1. The van der Waals surface area contributed by atoms with Crippen molar-refractivity contribution in [3.63, 3.8) is 0 Å². The quantitative estimate of drug-likeness (QED) is 0.867. The second-order valence-electron chi connectivity index (χ2n) is 5.94. The average molecular weight is 275 g/mol. The van der Waals surface area contributed by atoms with Crippen molar-refractivity contribution in [2.24, 2.45) is 0 Å². The van der Waals surface area contributed by atoms with Gasteiger partial charge in [0.2, 0.25) is 0 Å². The van der Waals surface area contributed by atoms with Gasteiger partial charge in [-0.15, -0.1) is 0 Å². The number of piperazine rings is 1. The molecule has 0 amide bonds. The van der Waals surface area contributed by atoms with Crippen LogP contribution in [0, 0.1) is 0 Å². The molecule has 0 spiro atoms. The summed E-state index contributed by atoms with van der Waals surface area (Å²) < 4.78 is 5.61. The minimum absolute atomic E-state index is 0.572. The van der Waals surface area contributed by atoms with Crippen molar-refractivity contribution >= 4 is 0 Å². The lowest BCUT2D eigenvalue weighted by Crippen LogP contribution is -2.43. The Kier molecular flexibility index (Phi) is 4.24. The number of methoxy groups -OCH3 is 1. The van der Waals surface area contributed by atoms with Crippen molar-refractivity contribution in [1.82, 2.24) is 15.5 Å². The van der Waals surface area contributed by atoms with Crippen molar-refractivity contribution in [2.45, 2.75) is 32.5 Å². The van der Waals surface area contributed by atoms with Gasteiger partial charge in [-0.25, -0.2) is 0 Å². The van der Waals surface area contributed by atoms with Gasteiger partial charge in [-0.2, -0.15) is 0 Å². The maximum Gasteiger partial charge on any atom is 0.123 e. The fourth-order valence-electron chi connectivity index (χ4n) is 3.18. The van der Waals surface area contributed by atoms with Crippen LogP contribution in [0.3, 0.4) is 0 Å². The lowest BCUT2D eigenvalue weighted by molar-refractivity contribution is 0.230. The number of hydrogen-bond donors (Lipinski definition) is 2. The van der Waals surface area contributed by atoms with Crippen molar-refractivity contribution in [2.75, 3.05) is 33.3 Å². The molecule has 1 unspecified atom stereocenters. The van der Waals surface area contributed by atoms with Crippen LogP contribution in [-0.4, -0.2) is 44.2 Å². The van der Waals surface area contributed by atoms with Gasteiger partial charge in [0.05, 0.1) is 7.11 Å². The molecule has 4 heteroatoms. The molecule has 0 bridgehead atoms. The van der Waals surface area contributed by atoms with E-state index < -0.39 is 0 Å². The zero-order chi connectivity index (χ0) is 13.9. The van der Waals surface area contributed by atoms with Crippen LogP contribution in [0.4, 0.5) is 0 Å². The summed E-state index contributed by atoms with van der Waals surface area (Å²) in [6.45, 7) is 8.64. The molecule has 1 aromatic carbocycles. The molecule has 1 atom stereocenters. The summed E-state index contributed by atoms with van der Waals surface area (Å²) >= 11 is 0. The summed E-state index contributed by atoms with van der Waals surface area (Å²) in [6, 6.07) is 5.17. The summed E-state index contributed by atoms with van der Waals surface area (Å²) in [5.74, 6) is 1.04. The lowest BCUT2D eigenvalue weighted by Gasteiger charge is -2.29. The predicted molar refractivity (Wildman–Crippen MR) is 81.1 cm³/mol. The molecule has 1 fully saturated rings. The molecule has 0 aliphatic carbocycles. The number of benzene rings is 1. The fourth-order valence-corrected chi connectivity index (χ4v) is 3.18.